The fourth-order valence-electron chi connectivity index (χ4n) is 3.77. The second kappa shape index (κ2) is 10.8. The molecule has 1 amide bonds. The Morgan fingerprint density at radius 2 is 1.87 bits per heavy atom. The van der Waals surface area contributed by atoms with E-state index < -0.39 is 10.8 Å². The molecule has 0 spiro atoms. The van der Waals surface area contributed by atoms with Gasteiger partial charge in [-0.25, -0.2) is 4.39 Å². The smallest absolute Gasteiger partial charge is 0.226 e. The largest absolute Gasteiger partial charge is 0.326 e. The molecule has 3 rings (SSSR count). The van der Waals surface area contributed by atoms with E-state index in [2.05, 4.69) is 22.3 Å². The van der Waals surface area contributed by atoms with Gasteiger partial charge < -0.3 is 10.2 Å². The summed E-state index contributed by atoms with van der Waals surface area (Å²) in [6, 6.07) is 14.2. The zero-order valence-corrected chi connectivity index (χ0v) is 18.6. The van der Waals surface area contributed by atoms with Crippen molar-refractivity contribution in [1.29, 1.82) is 0 Å². The van der Waals surface area contributed by atoms with Crippen LogP contribution in [0.1, 0.15) is 44.6 Å². The van der Waals surface area contributed by atoms with Crippen molar-refractivity contribution < 1.29 is 13.4 Å². The highest BCUT2D eigenvalue weighted by atomic mass is 32.2. The molecule has 0 bridgehead atoms. The highest BCUT2D eigenvalue weighted by molar-refractivity contribution is 7.85. The van der Waals surface area contributed by atoms with Gasteiger partial charge in [0.25, 0.3) is 0 Å². The molecule has 1 heterocycles. The summed E-state index contributed by atoms with van der Waals surface area (Å²) >= 11 is 0. The highest BCUT2D eigenvalue weighted by Crippen LogP contribution is 2.29. The lowest BCUT2D eigenvalue weighted by molar-refractivity contribution is -0.118. The Balaban J connectivity index is 1.43. The predicted molar refractivity (Wildman–Crippen MR) is 121 cm³/mol. The molecule has 1 fully saturated rings. The van der Waals surface area contributed by atoms with E-state index in [-0.39, 0.29) is 17.6 Å². The number of piperidine rings is 1. The van der Waals surface area contributed by atoms with Crippen molar-refractivity contribution in [2.24, 2.45) is 5.92 Å². The minimum atomic E-state index is -1.07. The Bertz CT molecular complexity index is 862. The Labute approximate surface area is 181 Å². The molecule has 2 aromatic carbocycles. The lowest BCUT2D eigenvalue weighted by atomic mass is 9.89. The first-order valence-electron chi connectivity index (χ1n) is 10.7. The first-order chi connectivity index (χ1) is 14.4. The lowest BCUT2D eigenvalue weighted by Gasteiger charge is -2.32. The third-order valence-corrected chi connectivity index (χ3v) is 7.08. The van der Waals surface area contributed by atoms with Crippen LogP contribution in [0.15, 0.2) is 53.4 Å². The lowest BCUT2D eigenvalue weighted by Crippen LogP contribution is -2.34. The number of nitrogens with zero attached hydrogens (tertiary/aromatic N) is 1. The quantitative estimate of drug-likeness (QED) is 0.655. The summed E-state index contributed by atoms with van der Waals surface area (Å²) in [4.78, 5) is 15.1. The van der Waals surface area contributed by atoms with Crippen molar-refractivity contribution in [3.8, 4) is 0 Å². The fourth-order valence-corrected chi connectivity index (χ4v) is 4.84. The maximum absolute atomic E-state index is 13.0. The molecule has 1 unspecified atom stereocenters. The van der Waals surface area contributed by atoms with Gasteiger partial charge in [-0.3, -0.25) is 9.00 Å². The van der Waals surface area contributed by atoms with Gasteiger partial charge in [0.15, 0.2) is 0 Å². The number of carbonyl (C=O) groups is 1. The molecule has 0 aromatic heterocycles. The van der Waals surface area contributed by atoms with Crippen molar-refractivity contribution in [3.05, 3.63) is 59.9 Å². The van der Waals surface area contributed by atoms with Crippen LogP contribution in [0.25, 0.3) is 0 Å². The summed E-state index contributed by atoms with van der Waals surface area (Å²) in [6.45, 7) is 6.77. The van der Waals surface area contributed by atoms with Crippen molar-refractivity contribution in [2.45, 2.75) is 43.9 Å². The first kappa shape index (κ1) is 22.6. The van der Waals surface area contributed by atoms with E-state index in [4.69, 9.17) is 0 Å². The second-order valence-corrected chi connectivity index (χ2v) is 9.81. The van der Waals surface area contributed by atoms with Crippen LogP contribution in [-0.4, -0.2) is 40.4 Å². The van der Waals surface area contributed by atoms with E-state index in [1.54, 1.807) is 12.1 Å². The van der Waals surface area contributed by atoms with E-state index >= 15 is 0 Å². The van der Waals surface area contributed by atoms with Crippen LogP contribution in [0.3, 0.4) is 0 Å². The van der Waals surface area contributed by atoms with E-state index in [1.165, 1.54) is 17.7 Å². The first-order valence-corrected chi connectivity index (χ1v) is 12.0. The molecule has 1 N–H and O–H groups in total. The molecule has 0 saturated carbocycles. The Morgan fingerprint density at radius 1 is 1.17 bits per heavy atom. The minimum absolute atomic E-state index is 0.0331. The highest BCUT2D eigenvalue weighted by Gasteiger charge is 2.21. The van der Waals surface area contributed by atoms with Gasteiger partial charge in [0, 0.05) is 22.3 Å². The topological polar surface area (TPSA) is 49.4 Å². The Hall–Kier alpha value is -2.05. The maximum Gasteiger partial charge on any atom is 0.226 e. The van der Waals surface area contributed by atoms with Gasteiger partial charge >= 0.3 is 0 Å². The van der Waals surface area contributed by atoms with Crippen LogP contribution in [0.5, 0.6) is 0 Å². The number of rotatable bonds is 8. The number of amides is 1. The molecule has 1 atom stereocenters. The number of carbonyl (C=O) groups excluding carboxylic acids is 1. The van der Waals surface area contributed by atoms with Crippen LogP contribution in [-0.2, 0) is 15.6 Å². The number of nitrogens with one attached hydrogen (secondary N) is 1. The van der Waals surface area contributed by atoms with Crippen molar-refractivity contribution in [1.82, 2.24) is 4.90 Å². The Kier molecular flexibility index (Phi) is 8.16. The van der Waals surface area contributed by atoms with Gasteiger partial charge in [-0.15, -0.1) is 0 Å². The van der Waals surface area contributed by atoms with Crippen LogP contribution in [0, 0.1) is 11.7 Å². The minimum Gasteiger partial charge on any atom is -0.326 e. The Morgan fingerprint density at radius 3 is 2.53 bits per heavy atom. The van der Waals surface area contributed by atoms with Gasteiger partial charge in [-0.1, -0.05) is 26.0 Å². The summed E-state index contributed by atoms with van der Waals surface area (Å²) in [7, 11) is -1.07. The van der Waals surface area contributed by atoms with Gasteiger partial charge in [-0.2, -0.15) is 0 Å². The third-order valence-electron chi connectivity index (χ3n) is 5.62. The number of halogens is 1. The number of benzene rings is 2. The molecule has 1 saturated heterocycles. The van der Waals surface area contributed by atoms with Crippen molar-refractivity contribution in [3.63, 3.8) is 0 Å². The average molecular weight is 431 g/mol. The molecular formula is C24H31FN2O2S. The zero-order valence-electron chi connectivity index (χ0n) is 17.8. The molecular weight excluding hydrogens is 399 g/mol. The maximum atomic E-state index is 13.0. The van der Waals surface area contributed by atoms with E-state index in [0.717, 1.165) is 44.6 Å². The molecule has 6 heteroatoms. The predicted octanol–water partition coefficient (Wildman–Crippen LogP) is 4.80. The van der Waals surface area contributed by atoms with Gasteiger partial charge in [-0.05, 0) is 86.8 Å². The summed E-state index contributed by atoms with van der Waals surface area (Å²) in [5, 5.41) is 2.99. The van der Waals surface area contributed by atoms with Crippen LogP contribution >= 0.6 is 0 Å². The fraction of sp³-hybridized carbons (Fsp3) is 0.458. The number of likely N-dealkylation sites (tertiary alicyclic amines) is 1. The molecule has 2 aromatic rings. The SMILES string of the molecule is CC(C)C(=O)Nc1cccc(C2CCN(CCCS(=O)c3ccc(F)cc3)CC2)c1. The molecule has 1 aliphatic heterocycles. The van der Waals surface area contributed by atoms with E-state index in [9.17, 15) is 13.4 Å². The standard InChI is InChI=1S/C24H31FN2O2S/c1-18(2)24(28)26-22-6-3-5-20(17-22)19-11-14-27(15-12-19)13-4-16-30(29)23-9-7-21(25)8-10-23/h3,5-10,17-19H,4,11-16H2,1-2H3,(H,26,28). The normalized spacial score (nSPS) is 16.5. The van der Waals surface area contributed by atoms with Gasteiger partial charge in [0.05, 0.1) is 10.8 Å². The molecule has 0 radical (unpaired) electrons. The van der Waals surface area contributed by atoms with E-state index in [0.29, 0.717) is 16.6 Å². The molecule has 1 aliphatic rings. The molecule has 4 nitrogen and oxygen atoms in total. The summed E-state index contributed by atoms with van der Waals surface area (Å²) in [6.07, 6.45) is 3.04. The van der Waals surface area contributed by atoms with Crippen molar-refractivity contribution >= 4 is 22.4 Å². The van der Waals surface area contributed by atoms with Gasteiger partial charge in [0.2, 0.25) is 5.91 Å². The molecule has 0 aliphatic carbocycles. The molecule has 30 heavy (non-hydrogen) atoms. The monoisotopic (exact) mass is 430 g/mol. The number of anilines is 1. The number of hydrogen-bond donors (Lipinski definition) is 1. The number of hydrogen-bond acceptors (Lipinski definition) is 3. The summed E-state index contributed by atoms with van der Waals surface area (Å²) in [5.74, 6) is 0.814. The second-order valence-electron chi connectivity index (χ2n) is 8.24. The molecule has 162 valence electrons. The van der Waals surface area contributed by atoms with E-state index in [1.807, 2.05) is 26.0 Å². The van der Waals surface area contributed by atoms with Gasteiger partial charge in [0.1, 0.15) is 5.82 Å². The van der Waals surface area contributed by atoms with Crippen LogP contribution < -0.4 is 5.32 Å². The van der Waals surface area contributed by atoms with Crippen LogP contribution in [0.2, 0.25) is 0 Å². The third kappa shape index (κ3) is 6.47. The summed E-state index contributed by atoms with van der Waals surface area (Å²) in [5.41, 5.74) is 2.16. The van der Waals surface area contributed by atoms with Crippen molar-refractivity contribution in [2.75, 3.05) is 30.7 Å². The zero-order chi connectivity index (χ0) is 21.5. The summed E-state index contributed by atoms with van der Waals surface area (Å²) < 4.78 is 25.3. The van der Waals surface area contributed by atoms with Crippen LogP contribution in [0.4, 0.5) is 10.1 Å². The average Bonchev–Trinajstić information content (AvgIpc) is 2.75.